The molecular formula is C13H14ClN3O. The Kier molecular flexibility index (Phi) is 3.73. The first-order valence-electron chi connectivity index (χ1n) is 5.81. The minimum atomic E-state index is -0.0242. The van der Waals surface area contributed by atoms with Gasteiger partial charge in [0.25, 0.3) is 0 Å². The highest BCUT2D eigenvalue weighted by molar-refractivity contribution is 6.32. The van der Waals surface area contributed by atoms with E-state index in [1.165, 1.54) is 0 Å². The van der Waals surface area contributed by atoms with Gasteiger partial charge in [-0.3, -0.25) is 4.79 Å². The van der Waals surface area contributed by atoms with E-state index >= 15 is 0 Å². The molecule has 0 aromatic heterocycles. The number of nitriles is 1. The molecule has 0 unspecified atom stereocenters. The van der Waals surface area contributed by atoms with E-state index < -0.39 is 0 Å². The molecule has 5 heteroatoms. The number of halogens is 1. The Hall–Kier alpha value is -1.73. The number of benzene rings is 1. The van der Waals surface area contributed by atoms with Crippen LogP contribution in [-0.2, 0) is 4.79 Å². The fraction of sp³-hybridized carbons (Fsp3) is 0.385. The molecule has 0 atom stereocenters. The van der Waals surface area contributed by atoms with Crippen LogP contribution >= 0.6 is 11.6 Å². The molecule has 1 aliphatic carbocycles. The molecule has 1 aromatic rings. The Balaban J connectivity index is 2.08. The van der Waals surface area contributed by atoms with E-state index in [0.29, 0.717) is 22.3 Å². The lowest BCUT2D eigenvalue weighted by Crippen LogP contribution is -2.36. The van der Waals surface area contributed by atoms with Crippen LogP contribution in [-0.4, -0.2) is 25.5 Å². The van der Waals surface area contributed by atoms with Gasteiger partial charge >= 0.3 is 0 Å². The number of rotatable bonds is 4. The van der Waals surface area contributed by atoms with Gasteiger partial charge in [0.1, 0.15) is 6.07 Å². The minimum Gasteiger partial charge on any atom is -0.364 e. The van der Waals surface area contributed by atoms with Crippen molar-refractivity contribution in [2.24, 2.45) is 0 Å². The lowest BCUT2D eigenvalue weighted by Gasteiger charge is -2.20. The summed E-state index contributed by atoms with van der Waals surface area (Å²) < 4.78 is 0. The summed E-state index contributed by atoms with van der Waals surface area (Å²) in [5.41, 5.74) is 1.08. The first-order valence-corrected chi connectivity index (χ1v) is 6.18. The third-order valence-electron chi connectivity index (χ3n) is 2.84. The number of amides is 1. The molecule has 2 rings (SSSR count). The molecule has 94 valence electrons. The van der Waals surface area contributed by atoms with Gasteiger partial charge in [0.2, 0.25) is 5.91 Å². The Morgan fingerprint density at radius 3 is 2.94 bits per heavy atom. The van der Waals surface area contributed by atoms with Crippen LogP contribution in [0.1, 0.15) is 18.4 Å². The van der Waals surface area contributed by atoms with Crippen LogP contribution in [0.5, 0.6) is 0 Å². The second kappa shape index (κ2) is 5.28. The van der Waals surface area contributed by atoms with E-state index in [0.717, 1.165) is 12.8 Å². The van der Waals surface area contributed by atoms with Crippen molar-refractivity contribution < 1.29 is 4.79 Å². The first kappa shape index (κ1) is 12.7. The largest absolute Gasteiger partial charge is 0.364 e. The van der Waals surface area contributed by atoms with Crippen LogP contribution in [0.15, 0.2) is 18.2 Å². The molecule has 1 aliphatic rings. The quantitative estimate of drug-likeness (QED) is 0.903. The molecule has 1 aromatic carbocycles. The Morgan fingerprint density at radius 1 is 1.61 bits per heavy atom. The summed E-state index contributed by atoms with van der Waals surface area (Å²) in [6, 6.07) is 7.64. The van der Waals surface area contributed by atoms with Gasteiger partial charge in [0.15, 0.2) is 0 Å². The number of nitrogens with zero attached hydrogens (tertiary/aromatic N) is 2. The van der Waals surface area contributed by atoms with E-state index in [9.17, 15) is 4.79 Å². The minimum absolute atomic E-state index is 0.0242. The highest BCUT2D eigenvalue weighted by Gasteiger charge is 2.24. The van der Waals surface area contributed by atoms with Crippen LogP contribution in [0, 0.1) is 11.3 Å². The Bertz CT molecular complexity index is 505. The van der Waals surface area contributed by atoms with Gasteiger partial charge in [-0.25, -0.2) is 0 Å². The summed E-state index contributed by atoms with van der Waals surface area (Å²) in [6.45, 7) is 0.228. The summed E-state index contributed by atoms with van der Waals surface area (Å²) in [4.78, 5) is 13.4. The zero-order valence-corrected chi connectivity index (χ0v) is 10.9. The van der Waals surface area contributed by atoms with Crippen molar-refractivity contribution >= 4 is 23.2 Å². The van der Waals surface area contributed by atoms with E-state index in [2.05, 4.69) is 11.4 Å². The van der Waals surface area contributed by atoms with Crippen molar-refractivity contribution in [3.8, 4) is 6.07 Å². The summed E-state index contributed by atoms with van der Waals surface area (Å²) in [7, 11) is 1.78. The van der Waals surface area contributed by atoms with Crippen molar-refractivity contribution in [1.82, 2.24) is 5.32 Å². The predicted octanol–water partition coefficient (Wildman–Crippen LogP) is 1.93. The monoisotopic (exact) mass is 263 g/mol. The van der Waals surface area contributed by atoms with Gasteiger partial charge in [-0.15, -0.1) is 0 Å². The van der Waals surface area contributed by atoms with Crippen molar-refractivity contribution in [2.75, 3.05) is 18.5 Å². The maximum Gasteiger partial charge on any atom is 0.239 e. The van der Waals surface area contributed by atoms with E-state index in [1.807, 2.05) is 0 Å². The number of carbonyl (C=O) groups is 1. The van der Waals surface area contributed by atoms with Gasteiger partial charge in [0, 0.05) is 13.1 Å². The number of anilines is 1. The fourth-order valence-electron chi connectivity index (χ4n) is 1.74. The maximum atomic E-state index is 11.7. The van der Waals surface area contributed by atoms with Crippen LogP contribution in [0.3, 0.4) is 0 Å². The molecule has 0 radical (unpaired) electrons. The molecule has 1 saturated carbocycles. The highest BCUT2D eigenvalue weighted by atomic mass is 35.5. The Labute approximate surface area is 111 Å². The number of hydrogen-bond acceptors (Lipinski definition) is 3. The molecule has 0 aliphatic heterocycles. The van der Waals surface area contributed by atoms with Crippen LogP contribution in [0.4, 0.5) is 5.69 Å². The molecule has 0 spiro atoms. The standard InChI is InChI=1S/C13H14ClN3O/c1-17(8-13(18)16-9-5-6-9)12-4-2-3-11(14)10(12)7-15/h2-4,9H,5-6,8H2,1H3,(H,16,18). The Morgan fingerprint density at radius 2 is 2.33 bits per heavy atom. The molecule has 1 amide bonds. The first-order chi connectivity index (χ1) is 8.61. The lowest BCUT2D eigenvalue weighted by molar-refractivity contribution is -0.119. The molecule has 18 heavy (non-hydrogen) atoms. The third kappa shape index (κ3) is 2.93. The normalized spacial score (nSPS) is 13.8. The summed E-state index contributed by atoms with van der Waals surface area (Å²) in [6.07, 6.45) is 2.13. The smallest absolute Gasteiger partial charge is 0.239 e. The maximum absolute atomic E-state index is 11.7. The molecule has 0 heterocycles. The van der Waals surface area contributed by atoms with Gasteiger partial charge in [-0.1, -0.05) is 17.7 Å². The second-order valence-corrected chi connectivity index (χ2v) is 4.85. The molecule has 1 fully saturated rings. The average molecular weight is 264 g/mol. The predicted molar refractivity (Wildman–Crippen MR) is 70.6 cm³/mol. The number of carbonyl (C=O) groups excluding carboxylic acids is 1. The molecule has 4 nitrogen and oxygen atoms in total. The van der Waals surface area contributed by atoms with E-state index in [-0.39, 0.29) is 12.5 Å². The zero-order valence-electron chi connectivity index (χ0n) is 10.1. The van der Waals surface area contributed by atoms with Gasteiger partial charge < -0.3 is 10.2 Å². The van der Waals surface area contributed by atoms with Crippen molar-refractivity contribution in [3.63, 3.8) is 0 Å². The highest BCUT2D eigenvalue weighted by Crippen LogP contribution is 2.26. The van der Waals surface area contributed by atoms with Gasteiger partial charge in [-0.05, 0) is 25.0 Å². The average Bonchev–Trinajstić information content (AvgIpc) is 3.12. The topological polar surface area (TPSA) is 56.1 Å². The van der Waals surface area contributed by atoms with Crippen LogP contribution in [0.25, 0.3) is 0 Å². The molecule has 0 saturated heterocycles. The van der Waals surface area contributed by atoms with Crippen molar-refractivity contribution in [3.05, 3.63) is 28.8 Å². The van der Waals surface area contributed by atoms with Crippen molar-refractivity contribution in [1.29, 1.82) is 5.26 Å². The number of hydrogen-bond donors (Lipinski definition) is 1. The molecule has 0 bridgehead atoms. The van der Waals surface area contributed by atoms with Crippen LogP contribution in [0.2, 0.25) is 5.02 Å². The second-order valence-electron chi connectivity index (χ2n) is 4.44. The fourth-order valence-corrected chi connectivity index (χ4v) is 1.95. The van der Waals surface area contributed by atoms with Gasteiger partial charge in [-0.2, -0.15) is 5.26 Å². The number of likely N-dealkylation sites (N-methyl/N-ethyl adjacent to an activating group) is 1. The summed E-state index contributed by atoms with van der Waals surface area (Å²) in [5, 5.41) is 12.4. The number of nitrogens with one attached hydrogen (secondary N) is 1. The molecule has 1 N–H and O–H groups in total. The third-order valence-corrected chi connectivity index (χ3v) is 3.15. The summed E-state index contributed by atoms with van der Waals surface area (Å²) in [5.74, 6) is -0.0242. The molecular weight excluding hydrogens is 250 g/mol. The van der Waals surface area contributed by atoms with Crippen molar-refractivity contribution in [2.45, 2.75) is 18.9 Å². The SMILES string of the molecule is CN(CC(=O)NC1CC1)c1cccc(Cl)c1C#N. The summed E-state index contributed by atoms with van der Waals surface area (Å²) >= 11 is 5.95. The van der Waals surface area contributed by atoms with Crippen LogP contribution < -0.4 is 10.2 Å². The van der Waals surface area contributed by atoms with Gasteiger partial charge in [0.05, 0.1) is 22.8 Å². The van der Waals surface area contributed by atoms with E-state index in [4.69, 9.17) is 16.9 Å². The lowest BCUT2D eigenvalue weighted by atomic mass is 10.2. The van der Waals surface area contributed by atoms with E-state index in [1.54, 1.807) is 30.1 Å². The zero-order chi connectivity index (χ0) is 13.1.